The van der Waals surface area contributed by atoms with E-state index in [1.54, 1.807) is 24.3 Å². The molecular weight excluding hydrogens is 461 g/mol. The fourth-order valence-corrected chi connectivity index (χ4v) is 3.61. The van der Waals surface area contributed by atoms with Crippen LogP contribution < -0.4 is 14.8 Å². The number of nitrogen functional groups attached to an aromatic ring is 1. The van der Waals surface area contributed by atoms with E-state index in [9.17, 15) is 26.7 Å². The summed E-state index contributed by atoms with van der Waals surface area (Å²) in [6, 6.07) is 13.3. The number of ether oxygens (including phenoxy) is 2. The molecule has 0 radical (unpaired) electrons. The first kappa shape index (κ1) is 24.1. The Morgan fingerprint density at radius 1 is 1.03 bits per heavy atom. The highest BCUT2D eigenvalue weighted by molar-refractivity contribution is 7.81. The molecule has 3 aromatic carbocycles. The number of nitrogens with zero attached hydrogens (tertiary/aromatic N) is 1. The molecule has 3 aromatic rings. The Bertz CT molecular complexity index is 1200. The van der Waals surface area contributed by atoms with E-state index >= 15 is 0 Å². The molecule has 33 heavy (non-hydrogen) atoms. The third-order valence-corrected chi connectivity index (χ3v) is 5.28. The molecule has 0 aliphatic heterocycles. The molecule has 0 aliphatic carbocycles. The second-order valence-corrected chi connectivity index (χ2v) is 7.67. The molecule has 0 saturated heterocycles. The molecule has 1 atom stereocenters. The number of hydrogen-bond acceptors (Lipinski definition) is 6. The number of nitrogens with two attached hydrogens (primary N) is 1. The van der Waals surface area contributed by atoms with Crippen LogP contribution in [0.25, 0.3) is 0 Å². The minimum absolute atomic E-state index is 0.0161. The van der Waals surface area contributed by atoms with Gasteiger partial charge in [0.2, 0.25) is 0 Å². The Morgan fingerprint density at radius 3 is 2.21 bits per heavy atom. The van der Waals surface area contributed by atoms with Crippen LogP contribution in [0, 0.1) is 6.92 Å². The van der Waals surface area contributed by atoms with Gasteiger partial charge in [-0.05, 0) is 55.5 Å². The molecule has 174 valence electrons. The summed E-state index contributed by atoms with van der Waals surface area (Å²) < 4.78 is 74.5. The van der Waals surface area contributed by atoms with Crippen LogP contribution in [0.4, 0.5) is 30.2 Å². The highest BCUT2D eigenvalue weighted by Gasteiger charge is 2.33. The predicted molar refractivity (Wildman–Crippen MR) is 116 cm³/mol. The highest BCUT2D eigenvalue weighted by atomic mass is 32.2. The van der Waals surface area contributed by atoms with Crippen LogP contribution in [0.2, 0.25) is 0 Å². The number of aryl methyl sites for hydroxylation is 1. The molecule has 11 heteroatoms. The Hall–Kier alpha value is -3.57. The van der Waals surface area contributed by atoms with Crippen molar-refractivity contribution in [2.75, 3.05) is 17.1 Å². The second kappa shape index (κ2) is 9.51. The molecule has 3 rings (SSSR count). The van der Waals surface area contributed by atoms with Crippen LogP contribution in [-0.4, -0.2) is 21.8 Å². The lowest BCUT2D eigenvalue weighted by atomic mass is 10.1. The van der Waals surface area contributed by atoms with Crippen LogP contribution in [0.3, 0.4) is 0 Å². The van der Waals surface area contributed by atoms with Gasteiger partial charge in [-0.2, -0.15) is 13.2 Å². The van der Waals surface area contributed by atoms with Crippen molar-refractivity contribution in [3.63, 3.8) is 0 Å². The fraction of sp³-hybridized carbons (Fsp3) is 0.136. The molecule has 0 amide bonds. The van der Waals surface area contributed by atoms with Gasteiger partial charge in [0.1, 0.15) is 11.5 Å². The lowest BCUT2D eigenvalue weighted by Gasteiger charge is -2.28. The number of anilines is 3. The summed E-state index contributed by atoms with van der Waals surface area (Å²) >= 11 is -2.81. The van der Waals surface area contributed by atoms with Crippen LogP contribution in [0.5, 0.6) is 11.5 Å². The van der Waals surface area contributed by atoms with E-state index in [1.807, 2.05) is 6.92 Å². The van der Waals surface area contributed by atoms with E-state index in [4.69, 9.17) is 15.2 Å². The maximum absolute atomic E-state index is 13.1. The molecule has 0 spiro atoms. The number of halogens is 3. The average Bonchev–Trinajstić information content (AvgIpc) is 2.76. The van der Waals surface area contributed by atoms with Crippen LogP contribution in [0.15, 0.2) is 60.7 Å². The highest BCUT2D eigenvalue weighted by Crippen LogP contribution is 2.38. The first-order valence-electron chi connectivity index (χ1n) is 9.34. The molecule has 7 nitrogen and oxygen atoms in total. The number of alkyl halides is 3. The molecule has 0 fully saturated rings. The van der Waals surface area contributed by atoms with Crippen molar-refractivity contribution < 1.29 is 36.2 Å². The first-order chi connectivity index (χ1) is 15.5. The average molecular weight is 479 g/mol. The van der Waals surface area contributed by atoms with E-state index in [0.717, 1.165) is 29.1 Å². The van der Waals surface area contributed by atoms with E-state index in [0.29, 0.717) is 0 Å². The maximum atomic E-state index is 13.1. The zero-order chi connectivity index (χ0) is 24.3. The predicted octanol–water partition coefficient (Wildman–Crippen LogP) is 5.11. The molecule has 0 aliphatic rings. The summed E-state index contributed by atoms with van der Waals surface area (Å²) in [5.41, 5.74) is 4.82. The zero-order valence-electron chi connectivity index (χ0n) is 17.4. The number of rotatable bonds is 6. The third-order valence-electron chi connectivity index (χ3n) is 4.58. The lowest BCUT2D eigenvalue weighted by molar-refractivity contribution is -0.137. The zero-order valence-corrected chi connectivity index (χ0v) is 18.2. The molecule has 0 bridgehead atoms. The monoisotopic (exact) mass is 479 g/mol. The summed E-state index contributed by atoms with van der Waals surface area (Å²) in [5, 5.41) is 0. The van der Waals surface area contributed by atoms with Gasteiger partial charge in [-0.15, -0.1) is 0 Å². The van der Waals surface area contributed by atoms with Gasteiger partial charge in [-0.1, -0.05) is 17.7 Å². The molecule has 2 N–H and O–H groups in total. The Kier molecular flexibility index (Phi) is 6.94. The Balaban J connectivity index is 2.05. The van der Waals surface area contributed by atoms with Gasteiger partial charge in [0.15, 0.2) is 0 Å². The standard InChI is InChI=1S/C22H19F3N2O5S/c1-13-3-5-14(6-4-13)27(33(29)30)20-10-8-15(11-17(20)21(28)31-2)32-16-7-9-19(26)18(12-16)22(23,24)25/h3-12H,26H2,1-2H3,(H,29,30)/p-1. The summed E-state index contributed by atoms with van der Waals surface area (Å²) in [4.78, 5) is 12.4. The third kappa shape index (κ3) is 5.44. The van der Waals surface area contributed by atoms with Gasteiger partial charge in [-0.3, -0.25) is 8.51 Å². The maximum Gasteiger partial charge on any atom is 0.418 e. The van der Waals surface area contributed by atoms with Gasteiger partial charge >= 0.3 is 12.1 Å². The van der Waals surface area contributed by atoms with Crippen molar-refractivity contribution in [1.82, 2.24) is 0 Å². The van der Waals surface area contributed by atoms with Gasteiger partial charge in [0.25, 0.3) is 0 Å². The molecule has 1 unspecified atom stereocenters. The van der Waals surface area contributed by atoms with E-state index in [2.05, 4.69) is 0 Å². The normalized spacial score (nSPS) is 12.2. The molecule has 0 saturated carbocycles. The molecule has 0 aromatic heterocycles. The van der Waals surface area contributed by atoms with Crippen LogP contribution in [-0.2, 0) is 22.2 Å². The SMILES string of the molecule is COC(=O)c1cc(Oc2ccc(N)c(C(F)(F)F)c2)ccc1N(c1ccc(C)cc1)S(=O)[O-]. The van der Waals surface area contributed by atoms with E-state index in [1.165, 1.54) is 24.3 Å². The fourth-order valence-electron chi connectivity index (χ4n) is 3.00. The van der Waals surface area contributed by atoms with Gasteiger partial charge in [0, 0.05) is 5.69 Å². The number of benzene rings is 3. The minimum atomic E-state index is -4.68. The number of carbonyl (C=O) groups is 1. The van der Waals surface area contributed by atoms with Crippen LogP contribution >= 0.6 is 0 Å². The Morgan fingerprint density at radius 2 is 1.64 bits per heavy atom. The summed E-state index contributed by atoms with van der Waals surface area (Å²) in [6.45, 7) is 1.83. The largest absolute Gasteiger partial charge is 0.755 e. The van der Waals surface area contributed by atoms with Crippen molar-refractivity contribution in [1.29, 1.82) is 0 Å². The van der Waals surface area contributed by atoms with Gasteiger partial charge in [-0.25, -0.2) is 4.79 Å². The number of methoxy groups -OCH3 is 1. The summed E-state index contributed by atoms with van der Waals surface area (Å²) in [6.07, 6.45) is -4.68. The smallest absolute Gasteiger partial charge is 0.418 e. The van der Waals surface area contributed by atoms with Crippen molar-refractivity contribution >= 4 is 34.3 Å². The second-order valence-electron chi connectivity index (χ2n) is 6.87. The van der Waals surface area contributed by atoms with Crippen molar-refractivity contribution in [2.24, 2.45) is 0 Å². The van der Waals surface area contributed by atoms with Gasteiger partial charge < -0.3 is 19.8 Å². The Labute approximate surface area is 190 Å². The van der Waals surface area contributed by atoms with E-state index in [-0.39, 0.29) is 28.4 Å². The topological polar surface area (TPSA) is 105 Å². The quantitative estimate of drug-likeness (QED) is 0.299. The summed E-state index contributed by atoms with van der Waals surface area (Å²) in [7, 11) is 1.11. The molecule has 0 heterocycles. The summed E-state index contributed by atoms with van der Waals surface area (Å²) in [5.74, 6) is -1.06. The minimum Gasteiger partial charge on any atom is -0.755 e. The van der Waals surface area contributed by atoms with E-state index < -0.39 is 34.7 Å². The van der Waals surface area contributed by atoms with Crippen molar-refractivity contribution in [2.45, 2.75) is 13.1 Å². The lowest BCUT2D eigenvalue weighted by Crippen LogP contribution is -2.22. The number of esters is 1. The first-order valence-corrected chi connectivity index (χ1v) is 10.4. The van der Waals surface area contributed by atoms with Crippen molar-refractivity contribution in [3.8, 4) is 11.5 Å². The van der Waals surface area contributed by atoms with Crippen molar-refractivity contribution in [3.05, 3.63) is 77.4 Å². The van der Waals surface area contributed by atoms with Crippen LogP contribution in [0.1, 0.15) is 21.5 Å². The van der Waals surface area contributed by atoms with Gasteiger partial charge in [0.05, 0.1) is 40.9 Å². The number of hydrogen-bond donors (Lipinski definition) is 1. The number of carbonyl (C=O) groups excluding carboxylic acids is 1. The molecular formula is C22H18F3N2O5S-.